The highest BCUT2D eigenvalue weighted by Crippen LogP contribution is 2.23. The van der Waals surface area contributed by atoms with Crippen LogP contribution in [0.2, 0.25) is 5.02 Å². The van der Waals surface area contributed by atoms with E-state index in [1.807, 2.05) is 0 Å². The average Bonchev–Trinajstić information content (AvgIpc) is 2.73. The summed E-state index contributed by atoms with van der Waals surface area (Å²) in [5.41, 5.74) is 0.129. The standard InChI is InChI=1S/C12H10ClNO5S/c1-7-4-8(14-19-7)6-20(17,18)9-2-3-10(12(15)16)11(13)5-9/h2-5H,6H2,1H3,(H,15,16). The third kappa shape index (κ3) is 3.00. The number of carboxylic acid groups (broad SMARTS) is 1. The number of hydrogen-bond donors (Lipinski definition) is 1. The summed E-state index contributed by atoms with van der Waals surface area (Å²) in [5, 5.41) is 12.3. The zero-order valence-corrected chi connectivity index (χ0v) is 11.9. The van der Waals surface area contributed by atoms with Crippen molar-refractivity contribution in [3.05, 3.63) is 46.3 Å². The van der Waals surface area contributed by atoms with Crippen molar-refractivity contribution < 1.29 is 22.8 Å². The molecule has 20 heavy (non-hydrogen) atoms. The largest absolute Gasteiger partial charge is 0.478 e. The molecule has 1 heterocycles. The fourth-order valence-electron chi connectivity index (χ4n) is 1.63. The Balaban J connectivity index is 2.35. The Bertz CT molecular complexity index is 766. The van der Waals surface area contributed by atoms with Crippen LogP contribution >= 0.6 is 11.6 Å². The molecule has 0 fully saturated rings. The van der Waals surface area contributed by atoms with Crippen molar-refractivity contribution in [3.63, 3.8) is 0 Å². The van der Waals surface area contributed by atoms with Gasteiger partial charge in [0.2, 0.25) is 0 Å². The number of halogens is 1. The number of sulfone groups is 1. The molecule has 0 bridgehead atoms. The van der Waals surface area contributed by atoms with Crippen LogP contribution in [0.3, 0.4) is 0 Å². The van der Waals surface area contributed by atoms with E-state index in [0.717, 1.165) is 12.1 Å². The van der Waals surface area contributed by atoms with Gasteiger partial charge in [0.15, 0.2) is 9.84 Å². The van der Waals surface area contributed by atoms with Crippen LogP contribution in [-0.2, 0) is 15.6 Å². The van der Waals surface area contributed by atoms with Gasteiger partial charge < -0.3 is 9.63 Å². The molecular formula is C12H10ClNO5S. The predicted octanol–water partition coefficient (Wildman–Crippen LogP) is 2.31. The zero-order chi connectivity index (χ0) is 14.9. The van der Waals surface area contributed by atoms with Crippen molar-refractivity contribution in [2.24, 2.45) is 0 Å². The van der Waals surface area contributed by atoms with E-state index in [-0.39, 0.29) is 26.9 Å². The highest BCUT2D eigenvalue weighted by atomic mass is 35.5. The first-order valence-corrected chi connectivity index (χ1v) is 7.50. The lowest BCUT2D eigenvalue weighted by Crippen LogP contribution is -2.06. The van der Waals surface area contributed by atoms with Crippen molar-refractivity contribution in [2.45, 2.75) is 17.6 Å². The van der Waals surface area contributed by atoms with Crippen molar-refractivity contribution in [2.75, 3.05) is 0 Å². The lowest BCUT2D eigenvalue weighted by molar-refractivity contribution is 0.0697. The molecule has 0 amide bonds. The lowest BCUT2D eigenvalue weighted by Gasteiger charge is -2.04. The predicted molar refractivity (Wildman–Crippen MR) is 70.5 cm³/mol. The summed E-state index contributed by atoms with van der Waals surface area (Å²) >= 11 is 5.76. The van der Waals surface area contributed by atoms with Crippen LogP contribution in [0.1, 0.15) is 21.8 Å². The van der Waals surface area contributed by atoms with Crippen LogP contribution in [0, 0.1) is 6.92 Å². The highest BCUT2D eigenvalue weighted by molar-refractivity contribution is 7.90. The summed E-state index contributed by atoms with van der Waals surface area (Å²) in [6, 6.07) is 5.00. The first-order chi connectivity index (χ1) is 9.29. The molecule has 0 spiro atoms. The molecule has 1 aromatic carbocycles. The molecule has 8 heteroatoms. The molecule has 0 saturated carbocycles. The van der Waals surface area contributed by atoms with Gasteiger partial charge >= 0.3 is 5.97 Å². The quantitative estimate of drug-likeness (QED) is 0.929. The van der Waals surface area contributed by atoms with Gasteiger partial charge in [0.05, 0.1) is 21.2 Å². The Hall–Kier alpha value is -1.86. The van der Waals surface area contributed by atoms with E-state index >= 15 is 0 Å². The van der Waals surface area contributed by atoms with E-state index in [1.54, 1.807) is 6.92 Å². The van der Waals surface area contributed by atoms with Crippen LogP contribution in [0.4, 0.5) is 0 Å². The van der Waals surface area contributed by atoms with Gasteiger partial charge in [0.1, 0.15) is 11.5 Å². The van der Waals surface area contributed by atoms with Gasteiger partial charge in [0, 0.05) is 6.07 Å². The zero-order valence-electron chi connectivity index (χ0n) is 10.3. The van der Waals surface area contributed by atoms with Gasteiger partial charge in [0.25, 0.3) is 0 Å². The fourth-order valence-corrected chi connectivity index (χ4v) is 3.22. The second-order valence-electron chi connectivity index (χ2n) is 4.13. The SMILES string of the molecule is Cc1cc(CS(=O)(=O)c2ccc(C(=O)O)c(Cl)c2)no1. The minimum atomic E-state index is -3.66. The summed E-state index contributed by atoms with van der Waals surface area (Å²) < 4.78 is 29.1. The molecule has 0 saturated heterocycles. The van der Waals surface area contributed by atoms with E-state index in [0.29, 0.717) is 5.76 Å². The number of aromatic carboxylic acids is 1. The van der Waals surface area contributed by atoms with Crippen LogP contribution < -0.4 is 0 Å². The Morgan fingerprint density at radius 2 is 2.10 bits per heavy atom. The summed E-state index contributed by atoms with van der Waals surface area (Å²) in [7, 11) is -3.66. The Labute approximate surface area is 119 Å². The van der Waals surface area contributed by atoms with Crippen LogP contribution in [0.15, 0.2) is 33.7 Å². The van der Waals surface area contributed by atoms with Crippen molar-refractivity contribution >= 4 is 27.4 Å². The number of aryl methyl sites for hydroxylation is 1. The van der Waals surface area contributed by atoms with Gasteiger partial charge in [-0.2, -0.15) is 0 Å². The minimum absolute atomic E-state index is 0.0619. The summed E-state index contributed by atoms with van der Waals surface area (Å²) in [4.78, 5) is 10.8. The third-order valence-corrected chi connectivity index (χ3v) is 4.51. The Morgan fingerprint density at radius 3 is 2.60 bits per heavy atom. The first kappa shape index (κ1) is 14.5. The summed E-state index contributed by atoms with van der Waals surface area (Å²) in [6.45, 7) is 1.65. The average molecular weight is 316 g/mol. The fraction of sp³-hybridized carbons (Fsp3) is 0.167. The van der Waals surface area contributed by atoms with E-state index in [2.05, 4.69) is 5.16 Å². The van der Waals surface area contributed by atoms with Gasteiger partial charge in [-0.05, 0) is 25.1 Å². The molecular weight excluding hydrogens is 306 g/mol. The van der Waals surface area contributed by atoms with Crippen molar-refractivity contribution in [3.8, 4) is 0 Å². The topological polar surface area (TPSA) is 97.5 Å². The molecule has 0 aliphatic carbocycles. The molecule has 0 radical (unpaired) electrons. The Morgan fingerprint density at radius 1 is 1.40 bits per heavy atom. The number of nitrogens with zero attached hydrogens (tertiary/aromatic N) is 1. The molecule has 106 valence electrons. The second-order valence-corrected chi connectivity index (χ2v) is 6.53. The normalized spacial score (nSPS) is 11.5. The molecule has 6 nitrogen and oxygen atoms in total. The van der Waals surface area contributed by atoms with Crippen LogP contribution in [-0.4, -0.2) is 24.7 Å². The van der Waals surface area contributed by atoms with E-state index in [9.17, 15) is 13.2 Å². The third-order valence-electron chi connectivity index (χ3n) is 2.54. The number of carbonyl (C=O) groups is 1. The summed E-state index contributed by atoms with van der Waals surface area (Å²) in [6.07, 6.45) is 0. The molecule has 2 aromatic rings. The second kappa shape index (κ2) is 5.26. The number of aromatic nitrogens is 1. The number of rotatable bonds is 4. The van der Waals surface area contributed by atoms with Crippen molar-refractivity contribution in [1.82, 2.24) is 5.16 Å². The molecule has 0 unspecified atom stereocenters. The van der Waals surface area contributed by atoms with Crippen molar-refractivity contribution in [1.29, 1.82) is 0 Å². The monoisotopic (exact) mass is 315 g/mol. The molecule has 2 rings (SSSR count). The number of hydrogen-bond acceptors (Lipinski definition) is 5. The summed E-state index contributed by atoms with van der Waals surface area (Å²) in [5.74, 6) is -1.05. The highest BCUT2D eigenvalue weighted by Gasteiger charge is 2.20. The smallest absolute Gasteiger partial charge is 0.337 e. The molecule has 0 atom stereocenters. The maximum Gasteiger partial charge on any atom is 0.337 e. The van der Waals surface area contributed by atoms with E-state index in [4.69, 9.17) is 21.2 Å². The lowest BCUT2D eigenvalue weighted by atomic mass is 10.2. The number of carboxylic acids is 1. The van der Waals surface area contributed by atoms with Gasteiger partial charge in [-0.1, -0.05) is 16.8 Å². The van der Waals surface area contributed by atoms with Gasteiger partial charge in [-0.25, -0.2) is 13.2 Å². The molecule has 0 aliphatic heterocycles. The minimum Gasteiger partial charge on any atom is -0.478 e. The Kier molecular flexibility index (Phi) is 3.82. The van der Waals surface area contributed by atoms with Crippen LogP contribution in [0.25, 0.3) is 0 Å². The maximum atomic E-state index is 12.2. The van der Waals surface area contributed by atoms with Crippen LogP contribution in [0.5, 0.6) is 0 Å². The van der Waals surface area contributed by atoms with Gasteiger partial charge in [-0.3, -0.25) is 0 Å². The molecule has 1 aromatic heterocycles. The molecule has 0 aliphatic rings. The van der Waals surface area contributed by atoms with Gasteiger partial charge in [-0.15, -0.1) is 0 Å². The first-order valence-electron chi connectivity index (χ1n) is 5.47. The number of benzene rings is 1. The molecule has 1 N–H and O–H groups in total. The van der Waals surface area contributed by atoms with E-state index in [1.165, 1.54) is 12.1 Å². The maximum absolute atomic E-state index is 12.2. The van der Waals surface area contributed by atoms with E-state index < -0.39 is 15.8 Å².